The second-order valence-electron chi connectivity index (χ2n) is 5.76. The Kier molecular flexibility index (Phi) is 5.01. The molecule has 0 fully saturated rings. The van der Waals surface area contributed by atoms with E-state index in [1.165, 1.54) is 11.3 Å². The number of aryl methyl sites for hydroxylation is 1. The summed E-state index contributed by atoms with van der Waals surface area (Å²) in [6.07, 6.45) is 5.70. The predicted molar refractivity (Wildman–Crippen MR) is 97.2 cm³/mol. The summed E-state index contributed by atoms with van der Waals surface area (Å²) in [7, 11) is 0. The quantitative estimate of drug-likeness (QED) is 0.769. The van der Waals surface area contributed by atoms with Crippen molar-refractivity contribution in [3.63, 3.8) is 0 Å². The lowest BCUT2D eigenvalue weighted by Crippen LogP contribution is -2.33. The number of amides is 1. The van der Waals surface area contributed by atoms with E-state index in [-0.39, 0.29) is 11.9 Å². The highest BCUT2D eigenvalue weighted by Gasteiger charge is 2.16. The zero-order valence-electron chi connectivity index (χ0n) is 13.7. The molecule has 0 saturated heterocycles. The first kappa shape index (κ1) is 16.3. The van der Waals surface area contributed by atoms with Gasteiger partial charge in [0.1, 0.15) is 0 Å². The number of carbonyl (C=O) groups excluding carboxylic acids is 1. The first-order valence-electron chi connectivity index (χ1n) is 7.85. The lowest BCUT2D eigenvalue weighted by Gasteiger charge is -2.12. The second-order valence-corrected chi connectivity index (χ2v) is 6.82. The van der Waals surface area contributed by atoms with Crippen LogP contribution in [0.4, 0.5) is 0 Å². The Morgan fingerprint density at radius 2 is 2.04 bits per heavy atom. The van der Waals surface area contributed by atoms with E-state index in [1.54, 1.807) is 18.6 Å². The number of benzene rings is 1. The van der Waals surface area contributed by atoms with Crippen molar-refractivity contribution in [3.05, 3.63) is 71.1 Å². The molecule has 0 aliphatic carbocycles. The minimum absolute atomic E-state index is 0.00298. The standard InChI is InChI=1S/C19H19N3OS/c1-13-10-17(24-18(13)15-6-4-3-5-7-15)19(23)22-14(2)11-16-12-20-8-9-21-16/h3-10,12,14H,11H2,1-2H3,(H,22,23)/t14-/m1/s1. The number of aromatic nitrogens is 2. The highest BCUT2D eigenvalue weighted by atomic mass is 32.1. The first-order valence-corrected chi connectivity index (χ1v) is 8.66. The molecule has 0 radical (unpaired) electrons. The molecule has 0 spiro atoms. The fraction of sp³-hybridized carbons (Fsp3) is 0.211. The van der Waals surface area contributed by atoms with Gasteiger partial charge in [0.2, 0.25) is 0 Å². The average Bonchev–Trinajstić information content (AvgIpc) is 2.98. The minimum Gasteiger partial charge on any atom is -0.348 e. The zero-order valence-corrected chi connectivity index (χ0v) is 14.5. The van der Waals surface area contributed by atoms with E-state index in [4.69, 9.17) is 0 Å². The maximum atomic E-state index is 12.5. The third-order valence-electron chi connectivity index (χ3n) is 3.69. The Labute approximate surface area is 145 Å². The molecule has 1 atom stereocenters. The molecule has 1 aromatic carbocycles. The number of nitrogens with one attached hydrogen (secondary N) is 1. The van der Waals surface area contributed by atoms with Crippen molar-refractivity contribution in [1.82, 2.24) is 15.3 Å². The van der Waals surface area contributed by atoms with E-state index >= 15 is 0 Å². The molecule has 122 valence electrons. The molecule has 5 heteroatoms. The van der Waals surface area contributed by atoms with Gasteiger partial charge >= 0.3 is 0 Å². The summed E-state index contributed by atoms with van der Waals surface area (Å²) >= 11 is 1.53. The van der Waals surface area contributed by atoms with Crippen LogP contribution in [0.5, 0.6) is 0 Å². The largest absolute Gasteiger partial charge is 0.348 e. The molecular formula is C19H19N3OS. The number of nitrogens with zero attached hydrogens (tertiary/aromatic N) is 2. The Morgan fingerprint density at radius 1 is 1.25 bits per heavy atom. The monoisotopic (exact) mass is 337 g/mol. The van der Waals surface area contributed by atoms with E-state index in [9.17, 15) is 4.79 Å². The topological polar surface area (TPSA) is 54.9 Å². The molecule has 2 aromatic heterocycles. The SMILES string of the molecule is Cc1cc(C(=O)N[C@H](C)Cc2cnccn2)sc1-c1ccccc1. The van der Waals surface area contributed by atoms with Crippen molar-refractivity contribution >= 4 is 17.2 Å². The number of rotatable bonds is 5. The smallest absolute Gasteiger partial charge is 0.261 e. The molecule has 0 saturated carbocycles. The molecule has 4 nitrogen and oxygen atoms in total. The van der Waals surface area contributed by atoms with E-state index in [1.807, 2.05) is 38.1 Å². The highest BCUT2D eigenvalue weighted by Crippen LogP contribution is 2.32. The van der Waals surface area contributed by atoms with Crippen molar-refractivity contribution in [2.75, 3.05) is 0 Å². The summed E-state index contributed by atoms with van der Waals surface area (Å²) in [4.78, 5) is 22.7. The number of carbonyl (C=O) groups is 1. The van der Waals surface area contributed by atoms with Crippen LogP contribution in [0.1, 0.15) is 27.9 Å². The van der Waals surface area contributed by atoms with Crippen LogP contribution in [0, 0.1) is 6.92 Å². The van der Waals surface area contributed by atoms with Gasteiger partial charge in [-0.25, -0.2) is 0 Å². The summed E-state index contributed by atoms with van der Waals surface area (Å²) in [5.41, 5.74) is 3.14. The highest BCUT2D eigenvalue weighted by molar-refractivity contribution is 7.17. The van der Waals surface area contributed by atoms with Gasteiger partial charge in [0.25, 0.3) is 5.91 Å². The first-order chi connectivity index (χ1) is 11.6. The van der Waals surface area contributed by atoms with Gasteiger partial charge in [0, 0.05) is 35.9 Å². The van der Waals surface area contributed by atoms with E-state index < -0.39 is 0 Å². The third-order valence-corrected chi connectivity index (χ3v) is 4.97. The summed E-state index contributed by atoms with van der Waals surface area (Å²) < 4.78 is 0. The van der Waals surface area contributed by atoms with Crippen LogP contribution < -0.4 is 5.32 Å². The van der Waals surface area contributed by atoms with Gasteiger partial charge in [-0.2, -0.15) is 0 Å². The fourth-order valence-corrected chi connectivity index (χ4v) is 3.65. The Hall–Kier alpha value is -2.53. The normalized spacial score (nSPS) is 11.9. The third kappa shape index (κ3) is 3.86. The van der Waals surface area contributed by atoms with Gasteiger partial charge in [0.15, 0.2) is 0 Å². The van der Waals surface area contributed by atoms with Gasteiger partial charge in [-0.05, 0) is 31.0 Å². The molecule has 0 bridgehead atoms. The molecule has 0 aliphatic rings. The molecule has 3 rings (SSSR count). The van der Waals surface area contributed by atoms with Gasteiger partial charge < -0.3 is 5.32 Å². The lowest BCUT2D eigenvalue weighted by molar-refractivity contribution is 0.0944. The molecule has 0 unspecified atom stereocenters. The Balaban J connectivity index is 1.69. The van der Waals surface area contributed by atoms with Crippen molar-refractivity contribution in [3.8, 4) is 10.4 Å². The Bertz CT molecular complexity index is 815. The molecule has 1 amide bonds. The van der Waals surface area contributed by atoms with Crippen LogP contribution in [0.3, 0.4) is 0 Å². The second kappa shape index (κ2) is 7.36. The van der Waals surface area contributed by atoms with Crippen molar-refractivity contribution in [1.29, 1.82) is 0 Å². The molecule has 0 aliphatic heterocycles. The molecule has 2 heterocycles. The molecule has 1 N–H and O–H groups in total. The van der Waals surface area contributed by atoms with Gasteiger partial charge in [-0.1, -0.05) is 30.3 Å². The van der Waals surface area contributed by atoms with E-state index in [2.05, 4.69) is 27.4 Å². The van der Waals surface area contributed by atoms with E-state index in [0.717, 1.165) is 26.6 Å². The van der Waals surface area contributed by atoms with Crippen LogP contribution in [0.15, 0.2) is 55.0 Å². The van der Waals surface area contributed by atoms with Crippen LogP contribution in [0.25, 0.3) is 10.4 Å². The molecule has 24 heavy (non-hydrogen) atoms. The number of hydrogen-bond donors (Lipinski definition) is 1. The van der Waals surface area contributed by atoms with Crippen molar-refractivity contribution in [2.45, 2.75) is 26.3 Å². The van der Waals surface area contributed by atoms with Crippen molar-refractivity contribution in [2.24, 2.45) is 0 Å². The number of thiophene rings is 1. The molecule has 3 aromatic rings. The summed E-state index contributed by atoms with van der Waals surface area (Å²) in [5, 5.41) is 3.04. The summed E-state index contributed by atoms with van der Waals surface area (Å²) in [5.74, 6) is -0.0401. The van der Waals surface area contributed by atoms with E-state index in [0.29, 0.717) is 6.42 Å². The minimum atomic E-state index is -0.0401. The Morgan fingerprint density at radius 3 is 2.75 bits per heavy atom. The van der Waals surface area contributed by atoms with Gasteiger partial charge in [-0.15, -0.1) is 11.3 Å². The van der Waals surface area contributed by atoms with Gasteiger partial charge in [-0.3, -0.25) is 14.8 Å². The number of hydrogen-bond acceptors (Lipinski definition) is 4. The average molecular weight is 337 g/mol. The van der Waals surface area contributed by atoms with Crippen LogP contribution in [0.2, 0.25) is 0 Å². The van der Waals surface area contributed by atoms with Crippen LogP contribution >= 0.6 is 11.3 Å². The predicted octanol–water partition coefficient (Wildman–Crippen LogP) is 3.87. The maximum Gasteiger partial charge on any atom is 0.261 e. The maximum absolute atomic E-state index is 12.5. The summed E-state index contributed by atoms with van der Waals surface area (Å²) in [6.45, 7) is 4.02. The van der Waals surface area contributed by atoms with Crippen LogP contribution in [-0.4, -0.2) is 21.9 Å². The summed E-state index contributed by atoms with van der Waals surface area (Å²) in [6, 6.07) is 12.1. The van der Waals surface area contributed by atoms with Crippen molar-refractivity contribution < 1.29 is 4.79 Å². The fourth-order valence-electron chi connectivity index (χ4n) is 2.57. The van der Waals surface area contributed by atoms with Gasteiger partial charge in [0.05, 0.1) is 10.6 Å². The molecular weight excluding hydrogens is 318 g/mol. The van der Waals surface area contributed by atoms with Crippen LogP contribution in [-0.2, 0) is 6.42 Å². The lowest BCUT2D eigenvalue weighted by atomic mass is 10.1. The zero-order chi connectivity index (χ0) is 16.9.